The number of ether oxygens (including phenoxy) is 2. The summed E-state index contributed by atoms with van der Waals surface area (Å²) in [6, 6.07) is 5.05. The zero-order valence-electron chi connectivity index (χ0n) is 17.7. The number of rotatable bonds is 5. The molecule has 9 heteroatoms. The number of imidazole rings is 1. The van der Waals surface area contributed by atoms with Crippen molar-refractivity contribution in [1.82, 2.24) is 24.5 Å². The van der Waals surface area contributed by atoms with E-state index in [-0.39, 0.29) is 35.0 Å². The Morgan fingerprint density at radius 2 is 2.03 bits per heavy atom. The summed E-state index contributed by atoms with van der Waals surface area (Å²) in [5, 5.41) is 4.75. The van der Waals surface area contributed by atoms with Gasteiger partial charge in [0.05, 0.1) is 19.3 Å². The number of halogens is 1. The molecule has 3 aromatic rings. The molecule has 0 amide bonds. The first-order valence-electron chi connectivity index (χ1n) is 10.7. The largest absolute Gasteiger partial charge is 0.494 e. The molecule has 1 unspecified atom stereocenters. The second-order valence-electron chi connectivity index (χ2n) is 8.36. The molecule has 0 radical (unpaired) electrons. The van der Waals surface area contributed by atoms with Crippen LogP contribution in [-0.2, 0) is 4.74 Å². The van der Waals surface area contributed by atoms with Crippen molar-refractivity contribution in [2.24, 2.45) is 0 Å². The van der Waals surface area contributed by atoms with Gasteiger partial charge in [0.15, 0.2) is 17.1 Å². The van der Waals surface area contributed by atoms with Crippen molar-refractivity contribution in [3.8, 4) is 5.75 Å². The molecule has 2 fully saturated rings. The zero-order chi connectivity index (χ0) is 21.5. The number of aromatic nitrogens is 4. The van der Waals surface area contributed by atoms with E-state index in [2.05, 4.69) is 14.9 Å². The first kappa shape index (κ1) is 20.1. The molecule has 0 aliphatic carbocycles. The van der Waals surface area contributed by atoms with Crippen molar-refractivity contribution < 1.29 is 13.9 Å². The monoisotopic (exact) mass is 427 g/mol. The molecule has 0 saturated carbocycles. The molecule has 1 aromatic carbocycles. The summed E-state index contributed by atoms with van der Waals surface area (Å²) < 4.78 is 26.2. The molecule has 5 rings (SSSR count). The van der Waals surface area contributed by atoms with Crippen LogP contribution in [0, 0.1) is 5.82 Å². The molecule has 31 heavy (non-hydrogen) atoms. The third-order valence-electron chi connectivity index (χ3n) is 6.53. The highest BCUT2D eigenvalue weighted by atomic mass is 19.1. The molecule has 164 valence electrons. The summed E-state index contributed by atoms with van der Waals surface area (Å²) in [5.41, 5.74) is 1.24. The fraction of sp³-hybridized carbons (Fsp3) is 0.500. The van der Waals surface area contributed by atoms with Crippen LogP contribution in [0.5, 0.6) is 5.75 Å². The van der Waals surface area contributed by atoms with E-state index in [1.54, 1.807) is 22.8 Å². The van der Waals surface area contributed by atoms with Crippen LogP contribution in [0.25, 0.3) is 5.52 Å². The first-order valence-corrected chi connectivity index (χ1v) is 10.7. The summed E-state index contributed by atoms with van der Waals surface area (Å²) in [4.78, 5) is 22.3. The van der Waals surface area contributed by atoms with Crippen LogP contribution in [0.15, 0.2) is 29.2 Å². The normalized spacial score (nSPS) is 19.5. The molecule has 8 nitrogen and oxygen atoms in total. The minimum Gasteiger partial charge on any atom is -0.494 e. The second-order valence-corrected chi connectivity index (χ2v) is 8.36. The topological polar surface area (TPSA) is 84.8 Å². The molecule has 0 spiro atoms. The van der Waals surface area contributed by atoms with Crippen LogP contribution in [0.1, 0.15) is 54.9 Å². The highest BCUT2D eigenvalue weighted by Crippen LogP contribution is 2.34. The van der Waals surface area contributed by atoms with E-state index in [0.717, 1.165) is 37.3 Å². The average molecular weight is 427 g/mol. The van der Waals surface area contributed by atoms with Crippen LogP contribution in [0.2, 0.25) is 0 Å². The Morgan fingerprint density at radius 3 is 2.74 bits per heavy atom. The van der Waals surface area contributed by atoms with Gasteiger partial charge < -0.3 is 14.5 Å². The maximum atomic E-state index is 14.0. The lowest BCUT2D eigenvalue weighted by Crippen LogP contribution is -2.47. The number of likely N-dealkylation sites (tertiary alicyclic amines) is 1. The first-order chi connectivity index (χ1) is 15.0. The summed E-state index contributed by atoms with van der Waals surface area (Å²) in [6.45, 7) is 4.97. The fourth-order valence-electron chi connectivity index (χ4n) is 4.50. The Bertz CT molecular complexity index is 1150. The molecular formula is C22H26FN5O3. The van der Waals surface area contributed by atoms with Crippen LogP contribution < -0.4 is 10.3 Å². The van der Waals surface area contributed by atoms with E-state index in [9.17, 15) is 9.18 Å². The lowest BCUT2D eigenvalue weighted by atomic mass is 9.90. The third kappa shape index (κ3) is 3.61. The van der Waals surface area contributed by atoms with Gasteiger partial charge in [0.2, 0.25) is 0 Å². The van der Waals surface area contributed by atoms with Crippen molar-refractivity contribution in [3.05, 3.63) is 57.8 Å². The summed E-state index contributed by atoms with van der Waals surface area (Å²) >= 11 is 0. The van der Waals surface area contributed by atoms with Crippen LogP contribution in [-0.4, -0.2) is 57.9 Å². The van der Waals surface area contributed by atoms with Crippen molar-refractivity contribution in [1.29, 1.82) is 0 Å². The molecule has 2 saturated heterocycles. The van der Waals surface area contributed by atoms with Crippen LogP contribution >= 0.6 is 0 Å². The van der Waals surface area contributed by atoms with Gasteiger partial charge in [0, 0.05) is 38.1 Å². The molecule has 2 aromatic heterocycles. The van der Waals surface area contributed by atoms with Gasteiger partial charge >= 0.3 is 0 Å². The number of methoxy groups -OCH3 is 1. The van der Waals surface area contributed by atoms with E-state index < -0.39 is 0 Å². The van der Waals surface area contributed by atoms with E-state index >= 15 is 0 Å². The molecule has 1 atom stereocenters. The minimum absolute atomic E-state index is 0.0682. The number of benzene rings is 1. The highest BCUT2D eigenvalue weighted by Gasteiger charge is 2.34. The van der Waals surface area contributed by atoms with Gasteiger partial charge in [-0.05, 0) is 37.5 Å². The van der Waals surface area contributed by atoms with Gasteiger partial charge in [-0.25, -0.2) is 13.9 Å². The van der Waals surface area contributed by atoms with Gasteiger partial charge in [0.1, 0.15) is 11.6 Å². The van der Waals surface area contributed by atoms with E-state index in [4.69, 9.17) is 14.6 Å². The number of aromatic amines is 1. The van der Waals surface area contributed by atoms with Crippen molar-refractivity contribution in [3.63, 3.8) is 0 Å². The Hall–Kier alpha value is -2.78. The number of nitrogens with zero attached hydrogens (tertiary/aromatic N) is 4. The van der Waals surface area contributed by atoms with Gasteiger partial charge in [0.25, 0.3) is 5.56 Å². The molecule has 2 aliphatic rings. The Balaban J connectivity index is 1.35. The highest BCUT2D eigenvalue weighted by molar-refractivity contribution is 5.42. The number of hydrogen-bond acceptors (Lipinski definition) is 6. The summed E-state index contributed by atoms with van der Waals surface area (Å²) in [5.74, 6) is 1.83. The molecule has 0 bridgehead atoms. The number of hydrogen-bond donors (Lipinski definition) is 1. The molecule has 4 heterocycles. The van der Waals surface area contributed by atoms with Gasteiger partial charge in [-0.3, -0.25) is 9.69 Å². The molecule has 1 N–H and O–H groups in total. The Labute approximate surface area is 179 Å². The molecule has 2 aliphatic heterocycles. The van der Waals surface area contributed by atoms with E-state index in [0.29, 0.717) is 24.6 Å². The summed E-state index contributed by atoms with van der Waals surface area (Å²) in [6.07, 6.45) is 3.36. The lowest BCUT2D eigenvalue weighted by molar-refractivity contribution is 0.0829. The molecular weight excluding hydrogens is 401 g/mol. The predicted octanol–water partition coefficient (Wildman–Crippen LogP) is 2.62. The fourth-order valence-corrected chi connectivity index (χ4v) is 4.50. The number of H-pyrrole nitrogens is 1. The van der Waals surface area contributed by atoms with Crippen molar-refractivity contribution in [2.45, 2.75) is 37.6 Å². The Kier molecular flexibility index (Phi) is 5.23. The minimum atomic E-state index is -0.344. The van der Waals surface area contributed by atoms with Crippen LogP contribution in [0.4, 0.5) is 4.39 Å². The van der Waals surface area contributed by atoms with Crippen molar-refractivity contribution in [2.75, 3.05) is 33.4 Å². The van der Waals surface area contributed by atoms with Crippen LogP contribution in [0.3, 0.4) is 0 Å². The lowest BCUT2D eigenvalue weighted by Gasteiger charge is -2.43. The van der Waals surface area contributed by atoms with Gasteiger partial charge in [-0.15, -0.1) is 0 Å². The smallest absolute Gasteiger partial charge is 0.277 e. The second kappa shape index (κ2) is 8.05. The summed E-state index contributed by atoms with van der Waals surface area (Å²) in [7, 11) is 1.46. The SMILES string of the molecule is COc1ccc(C2CN(C(C)c3nn4c(C5CCOCC5)ncc4c(=O)[nH]3)C2)cc1F. The van der Waals surface area contributed by atoms with Gasteiger partial charge in [-0.1, -0.05) is 6.07 Å². The van der Waals surface area contributed by atoms with E-state index in [1.165, 1.54) is 7.11 Å². The average Bonchev–Trinajstić information content (AvgIpc) is 3.18. The van der Waals surface area contributed by atoms with Gasteiger partial charge in [-0.2, -0.15) is 5.10 Å². The number of fused-ring (bicyclic) bond motifs is 1. The third-order valence-corrected chi connectivity index (χ3v) is 6.53. The maximum Gasteiger partial charge on any atom is 0.277 e. The maximum absolute atomic E-state index is 14.0. The van der Waals surface area contributed by atoms with Crippen molar-refractivity contribution >= 4 is 5.52 Å². The predicted molar refractivity (Wildman–Crippen MR) is 112 cm³/mol. The quantitative estimate of drug-likeness (QED) is 0.674. The standard InChI is InChI=1S/C22H26FN5O3/c1-13(27-11-16(12-27)15-3-4-19(30-2)17(23)9-15)20-25-22(29)18-10-24-21(28(18)26-20)14-5-7-31-8-6-14/h3-4,9-10,13-14,16H,5-8,11-12H2,1-2H3,(H,25,26,29). The number of nitrogens with one attached hydrogen (secondary N) is 1. The Morgan fingerprint density at radius 1 is 1.26 bits per heavy atom. The van der Waals surface area contributed by atoms with E-state index in [1.807, 2.05) is 13.0 Å². The zero-order valence-corrected chi connectivity index (χ0v) is 17.7.